The molecule has 0 atom stereocenters. The average molecular weight is 369 g/mol. The second kappa shape index (κ2) is 7.44. The lowest BCUT2D eigenvalue weighted by Crippen LogP contribution is -2.36. The van der Waals surface area contributed by atoms with Crippen LogP contribution in [0.2, 0.25) is 0 Å². The van der Waals surface area contributed by atoms with E-state index in [1.807, 2.05) is 56.6 Å². The van der Waals surface area contributed by atoms with Crippen LogP contribution >= 0.6 is 0 Å². The van der Waals surface area contributed by atoms with Gasteiger partial charge in [-0.1, -0.05) is 0 Å². The van der Waals surface area contributed by atoms with Gasteiger partial charge in [0, 0.05) is 53.0 Å². The van der Waals surface area contributed by atoms with Crippen LogP contribution in [0.5, 0.6) is 0 Å². The van der Waals surface area contributed by atoms with Crippen LogP contribution in [-0.4, -0.2) is 49.4 Å². The summed E-state index contributed by atoms with van der Waals surface area (Å²) >= 11 is 0. The molecule has 0 bridgehead atoms. The molecule has 3 aromatic heterocycles. The number of urea groups is 1. The topological polar surface area (TPSA) is 106 Å². The quantitative estimate of drug-likeness (QED) is 0.701. The number of carbonyl (C=O) groups is 1. The number of imidazole rings is 2. The van der Waals surface area contributed by atoms with Gasteiger partial charge in [0.1, 0.15) is 17.7 Å². The van der Waals surface area contributed by atoms with E-state index in [9.17, 15) is 4.79 Å². The molecule has 27 heavy (non-hydrogen) atoms. The molecule has 2 amide bonds. The van der Waals surface area contributed by atoms with Gasteiger partial charge in [-0.25, -0.2) is 14.8 Å². The monoisotopic (exact) mass is 369 g/mol. The zero-order valence-corrected chi connectivity index (χ0v) is 16.0. The minimum atomic E-state index is -0.510. The molecule has 0 fully saturated rings. The van der Waals surface area contributed by atoms with Crippen LogP contribution in [0.4, 0.5) is 16.3 Å². The summed E-state index contributed by atoms with van der Waals surface area (Å²) in [5, 5.41) is 14.0. The second-order valence-electron chi connectivity index (χ2n) is 6.44. The first-order valence-corrected chi connectivity index (χ1v) is 8.40. The largest absolute Gasteiger partial charge is 0.360 e. The predicted molar refractivity (Wildman–Crippen MR) is 102 cm³/mol. The van der Waals surface area contributed by atoms with Crippen molar-refractivity contribution in [1.82, 2.24) is 34.6 Å². The van der Waals surface area contributed by atoms with Gasteiger partial charge in [0.15, 0.2) is 5.82 Å². The van der Waals surface area contributed by atoms with Crippen molar-refractivity contribution in [2.75, 3.05) is 24.3 Å². The first-order chi connectivity index (χ1) is 12.9. The van der Waals surface area contributed by atoms with E-state index in [0.717, 1.165) is 0 Å². The number of aryl methyl sites for hydroxylation is 3. The number of hydrogen-bond donors (Lipinski definition) is 2. The van der Waals surface area contributed by atoms with Crippen LogP contribution in [-0.2, 0) is 14.1 Å². The normalized spacial score (nSPS) is 10.9. The number of anilines is 2. The Bertz CT molecular complexity index is 903. The molecule has 0 saturated carbocycles. The fraction of sp³-hybridized carbons (Fsp3) is 0.353. The summed E-state index contributed by atoms with van der Waals surface area (Å²) < 4.78 is 3.70. The maximum absolute atomic E-state index is 12.8. The SMILES string of the molecule is Cc1cc(NC(=O)NC(c2nccn2C)c2nccn2C)c(N(C)C)nn1. The zero-order valence-electron chi connectivity index (χ0n) is 16.0. The smallest absolute Gasteiger partial charge is 0.320 e. The van der Waals surface area contributed by atoms with Crippen LogP contribution in [0.3, 0.4) is 0 Å². The molecule has 2 N–H and O–H groups in total. The number of amides is 2. The lowest BCUT2D eigenvalue weighted by atomic mass is 10.2. The molecule has 3 heterocycles. The Hall–Kier alpha value is -3.43. The number of nitrogens with one attached hydrogen (secondary N) is 2. The Morgan fingerprint density at radius 3 is 2.15 bits per heavy atom. The van der Waals surface area contributed by atoms with Gasteiger partial charge >= 0.3 is 6.03 Å². The van der Waals surface area contributed by atoms with E-state index in [1.54, 1.807) is 23.4 Å². The van der Waals surface area contributed by atoms with Gasteiger partial charge in [-0.3, -0.25) is 0 Å². The molecular formula is C17H23N9O. The molecule has 142 valence electrons. The summed E-state index contributed by atoms with van der Waals surface area (Å²) in [6, 6.07) is 0.878. The van der Waals surface area contributed by atoms with Gasteiger partial charge in [-0.15, -0.1) is 5.10 Å². The number of hydrogen-bond acceptors (Lipinski definition) is 6. The first kappa shape index (κ1) is 18.4. The molecule has 3 rings (SSSR count). The van der Waals surface area contributed by atoms with Crippen LogP contribution in [0.25, 0.3) is 0 Å². The summed E-state index contributed by atoms with van der Waals surface area (Å²) in [6.45, 7) is 1.82. The number of aromatic nitrogens is 6. The van der Waals surface area contributed by atoms with Crippen LogP contribution in [0, 0.1) is 6.92 Å². The molecule has 0 unspecified atom stereocenters. The Kier molecular flexibility index (Phi) is 5.06. The van der Waals surface area contributed by atoms with Gasteiger partial charge in [-0.2, -0.15) is 5.10 Å². The van der Waals surface area contributed by atoms with Crippen molar-refractivity contribution in [3.63, 3.8) is 0 Å². The molecule has 0 saturated heterocycles. The molecule has 10 heteroatoms. The van der Waals surface area contributed by atoms with Crippen molar-refractivity contribution in [2.24, 2.45) is 14.1 Å². The standard InChI is InChI=1S/C17H23N9O/c1-11-10-12(14(23-22-11)24(2)3)20-17(27)21-13(15-18-6-8-25(15)4)16-19-7-9-26(16)5/h6-10,13H,1-5H3,(H2,20,21,22,27). The van der Waals surface area contributed by atoms with Crippen molar-refractivity contribution >= 4 is 17.5 Å². The van der Waals surface area contributed by atoms with Gasteiger partial charge in [-0.05, 0) is 13.0 Å². The molecule has 0 aliphatic carbocycles. The van der Waals surface area contributed by atoms with Gasteiger partial charge in [0.05, 0.1) is 11.4 Å². The van der Waals surface area contributed by atoms with Crippen molar-refractivity contribution < 1.29 is 4.79 Å². The molecule has 0 spiro atoms. The van der Waals surface area contributed by atoms with E-state index in [0.29, 0.717) is 28.8 Å². The van der Waals surface area contributed by atoms with Crippen LogP contribution < -0.4 is 15.5 Å². The summed E-state index contributed by atoms with van der Waals surface area (Å²) in [7, 11) is 7.43. The maximum atomic E-state index is 12.8. The number of nitrogens with zero attached hydrogens (tertiary/aromatic N) is 7. The van der Waals surface area contributed by atoms with Gasteiger partial charge in [0.25, 0.3) is 0 Å². The molecule has 10 nitrogen and oxygen atoms in total. The molecule has 3 aromatic rings. The van der Waals surface area contributed by atoms with Gasteiger partial charge in [0.2, 0.25) is 0 Å². The molecular weight excluding hydrogens is 346 g/mol. The van der Waals surface area contributed by atoms with E-state index in [2.05, 4.69) is 30.8 Å². The van der Waals surface area contributed by atoms with Crippen molar-refractivity contribution in [1.29, 1.82) is 0 Å². The van der Waals surface area contributed by atoms with E-state index in [4.69, 9.17) is 0 Å². The van der Waals surface area contributed by atoms with Crippen LogP contribution in [0.15, 0.2) is 30.9 Å². The Morgan fingerprint density at radius 1 is 1.07 bits per heavy atom. The third-order valence-electron chi connectivity index (χ3n) is 4.08. The van der Waals surface area contributed by atoms with E-state index in [-0.39, 0.29) is 6.03 Å². The highest BCUT2D eigenvalue weighted by atomic mass is 16.2. The van der Waals surface area contributed by atoms with Crippen LogP contribution in [0.1, 0.15) is 23.4 Å². The maximum Gasteiger partial charge on any atom is 0.320 e. The molecule has 0 aliphatic rings. The van der Waals surface area contributed by atoms with E-state index >= 15 is 0 Å². The van der Waals surface area contributed by atoms with Crippen molar-refractivity contribution in [2.45, 2.75) is 13.0 Å². The molecule has 0 aromatic carbocycles. The lowest BCUT2D eigenvalue weighted by molar-refractivity contribution is 0.249. The molecule has 0 radical (unpaired) electrons. The highest BCUT2D eigenvalue weighted by Crippen LogP contribution is 2.22. The fourth-order valence-corrected chi connectivity index (χ4v) is 2.75. The zero-order chi connectivity index (χ0) is 19.6. The molecule has 0 aliphatic heterocycles. The summed E-state index contributed by atoms with van der Waals surface area (Å²) in [5.41, 5.74) is 1.28. The van der Waals surface area contributed by atoms with Crippen molar-refractivity contribution in [3.8, 4) is 0 Å². The predicted octanol–water partition coefficient (Wildman–Crippen LogP) is 1.23. The Labute approximate surface area is 157 Å². The van der Waals surface area contributed by atoms with Crippen molar-refractivity contribution in [3.05, 3.63) is 48.2 Å². The third kappa shape index (κ3) is 3.89. The lowest BCUT2D eigenvalue weighted by Gasteiger charge is -2.20. The number of carbonyl (C=O) groups excluding carboxylic acids is 1. The summed E-state index contributed by atoms with van der Waals surface area (Å²) in [5.74, 6) is 1.92. The minimum Gasteiger partial charge on any atom is -0.360 e. The summed E-state index contributed by atoms with van der Waals surface area (Å²) in [4.78, 5) is 23.3. The highest BCUT2D eigenvalue weighted by Gasteiger charge is 2.25. The Balaban J connectivity index is 1.87. The number of rotatable bonds is 5. The minimum absolute atomic E-state index is 0.388. The van der Waals surface area contributed by atoms with Gasteiger partial charge < -0.3 is 24.7 Å². The van der Waals surface area contributed by atoms with E-state index < -0.39 is 6.04 Å². The average Bonchev–Trinajstić information content (AvgIpc) is 3.21. The Morgan fingerprint density at radius 2 is 1.67 bits per heavy atom. The highest BCUT2D eigenvalue weighted by molar-refractivity contribution is 5.92. The second-order valence-corrected chi connectivity index (χ2v) is 6.44. The van der Waals surface area contributed by atoms with E-state index in [1.165, 1.54) is 0 Å². The third-order valence-corrected chi connectivity index (χ3v) is 4.08. The fourth-order valence-electron chi connectivity index (χ4n) is 2.75. The summed E-state index contributed by atoms with van der Waals surface area (Å²) in [6.07, 6.45) is 7.02. The first-order valence-electron chi connectivity index (χ1n) is 8.40.